The van der Waals surface area contributed by atoms with Gasteiger partial charge in [-0.1, -0.05) is 48.5 Å². The number of rotatable bonds is 3. The zero-order chi connectivity index (χ0) is 19.1. The van der Waals surface area contributed by atoms with Gasteiger partial charge in [0.15, 0.2) is 5.54 Å². The second-order valence-electron chi connectivity index (χ2n) is 6.83. The van der Waals surface area contributed by atoms with Gasteiger partial charge < -0.3 is 10.1 Å². The topological polar surface area (TPSA) is 71.5 Å². The van der Waals surface area contributed by atoms with Crippen LogP contribution in [0.5, 0.6) is 5.75 Å². The highest BCUT2D eigenvalue weighted by molar-refractivity contribution is 7.13. The van der Waals surface area contributed by atoms with E-state index >= 15 is 0 Å². The maximum Gasteiger partial charge on any atom is 0.325 e. The van der Waals surface area contributed by atoms with Gasteiger partial charge in [-0.3, -0.25) is 9.69 Å². The van der Waals surface area contributed by atoms with Crippen molar-refractivity contribution in [3.63, 3.8) is 0 Å². The normalized spacial score (nSPS) is 20.8. The number of urea groups is 1. The predicted octanol–water partition coefficient (Wildman–Crippen LogP) is 3.54. The van der Waals surface area contributed by atoms with Crippen molar-refractivity contribution in [3.05, 3.63) is 71.2 Å². The van der Waals surface area contributed by atoms with Crippen LogP contribution in [0.3, 0.4) is 0 Å². The molecule has 2 aliphatic rings. The second kappa shape index (κ2) is 6.45. The molecule has 1 saturated heterocycles. The van der Waals surface area contributed by atoms with Crippen molar-refractivity contribution in [1.82, 2.24) is 15.2 Å². The van der Waals surface area contributed by atoms with Crippen LogP contribution in [-0.2, 0) is 16.9 Å². The first-order valence-corrected chi connectivity index (χ1v) is 9.91. The van der Waals surface area contributed by atoms with Gasteiger partial charge in [0, 0.05) is 22.9 Å². The first-order chi connectivity index (χ1) is 13.7. The maximum absolute atomic E-state index is 13.3. The fraction of sp³-hybridized carbons (Fsp3) is 0.190. The van der Waals surface area contributed by atoms with Crippen LogP contribution in [0.2, 0.25) is 0 Å². The van der Waals surface area contributed by atoms with Gasteiger partial charge in [-0.2, -0.15) is 0 Å². The molecule has 28 heavy (non-hydrogen) atoms. The van der Waals surface area contributed by atoms with Crippen molar-refractivity contribution in [2.24, 2.45) is 0 Å². The average molecular weight is 391 g/mol. The number of para-hydroxylation sites is 1. The molecule has 140 valence electrons. The number of nitrogens with zero attached hydrogens (tertiary/aromatic N) is 2. The number of amides is 3. The van der Waals surface area contributed by atoms with Gasteiger partial charge in [0.25, 0.3) is 5.91 Å². The summed E-state index contributed by atoms with van der Waals surface area (Å²) < 4.78 is 5.67. The number of carbonyl (C=O) groups excluding carboxylic acids is 2. The monoisotopic (exact) mass is 391 g/mol. The van der Waals surface area contributed by atoms with Gasteiger partial charge in [0.1, 0.15) is 10.8 Å². The van der Waals surface area contributed by atoms with Crippen LogP contribution in [0.4, 0.5) is 4.79 Å². The summed E-state index contributed by atoms with van der Waals surface area (Å²) in [6, 6.07) is 16.8. The lowest BCUT2D eigenvalue weighted by Crippen LogP contribution is -2.47. The first kappa shape index (κ1) is 16.9. The van der Waals surface area contributed by atoms with E-state index in [1.165, 1.54) is 16.2 Å². The van der Waals surface area contributed by atoms with Crippen LogP contribution < -0.4 is 10.1 Å². The summed E-state index contributed by atoms with van der Waals surface area (Å²) >= 11 is 1.50. The zero-order valence-corrected chi connectivity index (χ0v) is 15.7. The molecular formula is C21H17N3O3S. The Morgan fingerprint density at radius 1 is 1.11 bits per heavy atom. The number of hydrogen-bond acceptors (Lipinski definition) is 5. The van der Waals surface area contributed by atoms with Crippen LogP contribution >= 0.6 is 11.3 Å². The molecule has 0 unspecified atom stereocenters. The summed E-state index contributed by atoms with van der Waals surface area (Å²) in [5.74, 6) is 0.395. The number of aromatic nitrogens is 1. The molecule has 0 aliphatic carbocycles. The summed E-state index contributed by atoms with van der Waals surface area (Å²) in [6.45, 7) is 0.532. The standard InChI is InChI=1S/C21H17N3O3S/c25-19-21(10-11-27-17-9-5-4-8-16(17)21)23-20(26)24(19)12-15-13-28-18(22-15)14-6-2-1-3-7-14/h1-9,13H,10-12H2,(H,23,26)/t21-/m0/s1. The van der Waals surface area contributed by atoms with Crippen molar-refractivity contribution in [2.45, 2.75) is 18.5 Å². The van der Waals surface area contributed by atoms with E-state index in [4.69, 9.17) is 4.74 Å². The molecule has 2 aliphatic heterocycles. The number of benzene rings is 2. The molecule has 2 aromatic carbocycles. The Morgan fingerprint density at radius 3 is 2.75 bits per heavy atom. The minimum absolute atomic E-state index is 0.152. The number of ether oxygens (including phenoxy) is 1. The first-order valence-electron chi connectivity index (χ1n) is 9.04. The fourth-order valence-electron chi connectivity index (χ4n) is 3.77. The summed E-state index contributed by atoms with van der Waals surface area (Å²) in [5.41, 5.74) is 1.38. The van der Waals surface area contributed by atoms with Gasteiger partial charge in [-0.05, 0) is 6.07 Å². The smallest absolute Gasteiger partial charge is 0.325 e. The van der Waals surface area contributed by atoms with E-state index in [2.05, 4.69) is 10.3 Å². The van der Waals surface area contributed by atoms with Crippen LogP contribution in [0.1, 0.15) is 17.7 Å². The highest BCUT2D eigenvalue weighted by Crippen LogP contribution is 2.41. The van der Waals surface area contributed by atoms with E-state index in [1.54, 1.807) is 0 Å². The molecule has 6 nitrogen and oxygen atoms in total. The van der Waals surface area contributed by atoms with Crippen molar-refractivity contribution in [1.29, 1.82) is 0 Å². The minimum Gasteiger partial charge on any atom is -0.493 e. The lowest BCUT2D eigenvalue weighted by Gasteiger charge is -2.33. The van der Waals surface area contributed by atoms with E-state index in [-0.39, 0.29) is 12.5 Å². The third-order valence-electron chi connectivity index (χ3n) is 5.15. The lowest BCUT2D eigenvalue weighted by atomic mass is 9.84. The van der Waals surface area contributed by atoms with Gasteiger partial charge in [0.2, 0.25) is 0 Å². The Bertz CT molecular complexity index is 1070. The number of thiazole rings is 1. The van der Waals surface area contributed by atoms with Crippen LogP contribution in [0.25, 0.3) is 10.6 Å². The second-order valence-corrected chi connectivity index (χ2v) is 7.69. The highest BCUT2D eigenvalue weighted by Gasteiger charge is 2.54. The predicted molar refractivity (Wildman–Crippen MR) is 105 cm³/mol. The van der Waals surface area contributed by atoms with E-state index in [0.717, 1.165) is 10.6 Å². The van der Waals surface area contributed by atoms with E-state index in [1.807, 2.05) is 60.0 Å². The van der Waals surface area contributed by atoms with E-state index in [0.29, 0.717) is 30.0 Å². The van der Waals surface area contributed by atoms with Gasteiger partial charge in [-0.25, -0.2) is 9.78 Å². The Labute approximate surface area is 165 Å². The third-order valence-corrected chi connectivity index (χ3v) is 6.09. The molecule has 1 fully saturated rings. The Balaban J connectivity index is 1.43. The fourth-order valence-corrected chi connectivity index (χ4v) is 4.59. The molecule has 1 aromatic heterocycles. The Morgan fingerprint density at radius 2 is 1.89 bits per heavy atom. The molecule has 7 heteroatoms. The Hall–Kier alpha value is -3.19. The van der Waals surface area contributed by atoms with Crippen molar-refractivity contribution < 1.29 is 14.3 Å². The van der Waals surface area contributed by atoms with Crippen LogP contribution in [-0.4, -0.2) is 28.4 Å². The minimum atomic E-state index is -1.05. The molecule has 0 radical (unpaired) electrons. The number of hydrogen-bond donors (Lipinski definition) is 1. The van der Waals surface area contributed by atoms with E-state index in [9.17, 15) is 9.59 Å². The zero-order valence-electron chi connectivity index (χ0n) is 14.9. The van der Waals surface area contributed by atoms with Crippen LogP contribution in [0, 0.1) is 0 Å². The number of fused-ring (bicyclic) bond motifs is 2. The van der Waals surface area contributed by atoms with Crippen molar-refractivity contribution in [3.8, 4) is 16.3 Å². The Kier molecular flexibility index (Phi) is 3.91. The average Bonchev–Trinajstić information content (AvgIpc) is 3.29. The van der Waals surface area contributed by atoms with Crippen LogP contribution in [0.15, 0.2) is 60.0 Å². The molecular weight excluding hydrogens is 374 g/mol. The molecule has 1 N–H and O–H groups in total. The molecule has 3 amide bonds. The van der Waals surface area contributed by atoms with Crippen molar-refractivity contribution in [2.75, 3.05) is 6.61 Å². The number of nitrogens with one attached hydrogen (secondary N) is 1. The lowest BCUT2D eigenvalue weighted by molar-refractivity contribution is -0.133. The van der Waals surface area contributed by atoms with E-state index < -0.39 is 11.6 Å². The SMILES string of the molecule is O=C1N[C@]2(CCOc3ccccc32)C(=O)N1Cc1csc(-c2ccccc2)n1. The molecule has 0 saturated carbocycles. The molecule has 3 aromatic rings. The summed E-state index contributed by atoms with van der Waals surface area (Å²) in [5, 5.41) is 5.68. The van der Waals surface area contributed by atoms with Gasteiger partial charge in [-0.15, -0.1) is 11.3 Å². The largest absolute Gasteiger partial charge is 0.493 e. The summed E-state index contributed by atoms with van der Waals surface area (Å²) in [7, 11) is 0. The van der Waals surface area contributed by atoms with Crippen molar-refractivity contribution >= 4 is 23.3 Å². The van der Waals surface area contributed by atoms with Gasteiger partial charge in [0.05, 0.1) is 18.8 Å². The highest BCUT2D eigenvalue weighted by atomic mass is 32.1. The number of carbonyl (C=O) groups is 2. The molecule has 1 atom stereocenters. The molecule has 3 heterocycles. The quantitative estimate of drug-likeness (QED) is 0.693. The molecule has 0 bridgehead atoms. The summed E-state index contributed by atoms with van der Waals surface area (Å²) in [6.07, 6.45) is 0.414. The molecule has 5 rings (SSSR count). The third kappa shape index (κ3) is 2.58. The maximum atomic E-state index is 13.3. The number of imide groups is 1. The van der Waals surface area contributed by atoms with Gasteiger partial charge >= 0.3 is 6.03 Å². The summed E-state index contributed by atoms with van der Waals surface area (Å²) in [4.78, 5) is 31.8. The molecule has 1 spiro atoms.